The molecule has 0 bridgehead atoms. The standard InChI is InChI=1S/C14H9Cl2NO3S/c15-11-4-1-9(2-5-11)14(18)17-13-7-12(16)6-3-10(13)8-21(17,19)20/h1-7H,8H2. The quantitative estimate of drug-likeness (QED) is 0.797. The smallest absolute Gasteiger partial charge is 0.268 e. The first-order valence-corrected chi connectivity index (χ1v) is 8.36. The van der Waals surface area contributed by atoms with Crippen LogP contribution in [0.3, 0.4) is 0 Å². The maximum atomic E-state index is 12.5. The number of fused-ring (bicyclic) bond motifs is 1. The topological polar surface area (TPSA) is 54.5 Å². The Hall–Kier alpha value is -1.56. The van der Waals surface area contributed by atoms with E-state index in [4.69, 9.17) is 23.2 Å². The lowest BCUT2D eigenvalue weighted by atomic mass is 10.1. The summed E-state index contributed by atoms with van der Waals surface area (Å²) in [6.07, 6.45) is 0. The van der Waals surface area contributed by atoms with Crippen LogP contribution in [-0.2, 0) is 15.8 Å². The van der Waals surface area contributed by atoms with E-state index in [2.05, 4.69) is 0 Å². The highest BCUT2D eigenvalue weighted by atomic mass is 35.5. The highest BCUT2D eigenvalue weighted by Gasteiger charge is 2.38. The van der Waals surface area contributed by atoms with Gasteiger partial charge in [0, 0.05) is 15.6 Å². The summed E-state index contributed by atoms with van der Waals surface area (Å²) in [4.78, 5) is 12.5. The molecular formula is C14H9Cl2NO3S. The number of benzene rings is 2. The average Bonchev–Trinajstić information content (AvgIpc) is 2.68. The predicted molar refractivity (Wildman–Crippen MR) is 82.3 cm³/mol. The van der Waals surface area contributed by atoms with Gasteiger partial charge in [-0.2, -0.15) is 0 Å². The number of carbonyl (C=O) groups is 1. The molecule has 0 N–H and O–H groups in total. The van der Waals surface area contributed by atoms with Crippen molar-refractivity contribution in [2.45, 2.75) is 5.75 Å². The van der Waals surface area contributed by atoms with E-state index in [0.717, 1.165) is 4.31 Å². The van der Waals surface area contributed by atoms with Gasteiger partial charge < -0.3 is 0 Å². The van der Waals surface area contributed by atoms with Gasteiger partial charge in [-0.15, -0.1) is 0 Å². The van der Waals surface area contributed by atoms with Crippen LogP contribution in [0.4, 0.5) is 5.69 Å². The summed E-state index contributed by atoms with van der Waals surface area (Å²) in [6, 6.07) is 10.8. The summed E-state index contributed by atoms with van der Waals surface area (Å²) in [5.41, 5.74) is 1.11. The van der Waals surface area contributed by atoms with Crippen molar-refractivity contribution in [2.24, 2.45) is 0 Å². The fourth-order valence-corrected chi connectivity index (χ4v) is 4.09. The maximum absolute atomic E-state index is 12.5. The number of sulfonamides is 1. The molecule has 21 heavy (non-hydrogen) atoms. The van der Waals surface area contributed by atoms with Crippen LogP contribution >= 0.6 is 23.2 Å². The van der Waals surface area contributed by atoms with Crippen LogP contribution in [0.2, 0.25) is 10.0 Å². The summed E-state index contributed by atoms with van der Waals surface area (Å²) < 4.78 is 25.3. The largest absolute Gasteiger partial charge is 0.272 e. The fourth-order valence-electron chi connectivity index (χ4n) is 2.20. The molecule has 1 aliphatic heterocycles. The van der Waals surface area contributed by atoms with Gasteiger partial charge in [0.2, 0.25) is 10.0 Å². The number of rotatable bonds is 1. The SMILES string of the molecule is O=C(c1ccc(Cl)cc1)N1c2cc(Cl)ccc2CS1(=O)=O. The molecule has 0 spiro atoms. The van der Waals surface area contributed by atoms with Crippen molar-refractivity contribution in [1.29, 1.82) is 0 Å². The summed E-state index contributed by atoms with van der Waals surface area (Å²) >= 11 is 11.7. The minimum Gasteiger partial charge on any atom is -0.268 e. The second-order valence-corrected chi connectivity index (χ2v) is 7.30. The summed E-state index contributed by atoms with van der Waals surface area (Å²) in [5, 5.41) is 0.846. The summed E-state index contributed by atoms with van der Waals surface area (Å²) in [7, 11) is -3.73. The third-order valence-electron chi connectivity index (χ3n) is 3.16. The third-order valence-corrected chi connectivity index (χ3v) is 5.24. The summed E-state index contributed by atoms with van der Waals surface area (Å²) in [5.74, 6) is -0.827. The second kappa shape index (κ2) is 5.02. The van der Waals surface area contributed by atoms with Crippen LogP contribution in [0, 0.1) is 0 Å². The number of carbonyl (C=O) groups excluding carboxylic acids is 1. The van der Waals surface area contributed by atoms with E-state index in [1.165, 1.54) is 30.3 Å². The molecule has 108 valence electrons. The lowest BCUT2D eigenvalue weighted by molar-refractivity contribution is 0.101. The van der Waals surface area contributed by atoms with Crippen molar-refractivity contribution in [3.63, 3.8) is 0 Å². The predicted octanol–water partition coefficient (Wildman–Crippen LogP) is 3.48. The number of halogens is 2. The van der Waals surface area contributed by atoms with Crippen molar-refractivity contribution < 1.29 is 13.2 Å². The molecule has 0 saturated carbocycles. The van der Waals surface area contributed by atoms with E-state index in [1.807, 2.05) is 0 Å². The normalized spacial score (nSPS) is 15.8. The van der Waals surface area contributed by atoms with Crippen LogP contribution in [0.25, 0.3) is 0 Å². The molecule has 1 aliphatic rings. The maximum Gasteiger partial charge on any atom is 0.272 e. The lowest BCUT2D eigenvalue weighted by Crippen LogP contribution is -2.33. The van der Waals surface area contributed by atoms with Gasteiger partial charge in [-0.1, -0.05) is 29.3 Å². The Labute approximate surface area is 132 Å². The molecule has 4 nitrogen and oxygen atoms in total. The van der Waals surface area contributed by atoms with Crippen LogP contribution in [0.15, 0.2) is 42.5 Å². The summed E-state index contributed by atoms with van der Waals surface area (Å²) in [6.45, 7) is 0. The average molecular weight is 342 g/mol. The Morgan fingerprint density at radius 3 is 2.29 bits per heavy atom. The Morgan fingerprint density at radius 2 is 1.62 bits per heavy atom. The van der Waals surface area contributed by atoms with E-state index >= 15 is 0 Å². The van der Waals surface area contributed by atoms with Gasteiger partial charge >= 0.3 is 0 Å². The molecule has 3 rings (SSSR count). The monoisotopic (exact) mass is 341 g/mol. The van der Waals surface area contributed by atoms with Crippen LogP contribution < -0.4 is 4.31 Å². The van der Waals surface area contributed by atoms with Gasteiger partial charge in [-0.25, -0.2) is 12.7 Å². The first-order valence-electron chi connectivity index (χ1n) is 6.00. The Kier molecular flexibility index (Phi) is 3.43. The molecule has 0 fully saturated rings. The van der Waals surface area contributed by atoms with Crippen LogP contribution in [0.1, 0.15) is 15.9 Å². The first kappa shape index (κ1) is 14.4. The molecule has 7 heteroatoms. The number of anilines is 1. The van der Waals surface area contributed by atoms with E-state index in [1.54, 1.807) is 12.1 Å². The Morgan fingerprint density at radius 1 is 1.00 bits per heavy atom. The molecule has 0 aliphatic carbocycles. The molecule has 0 saturated heterocycles. The number of hydrogen-bond acceptors (Lipinski definition) is 3. The van der Waals surface area contributed by atoms with Gasteiger partial charge in [0.1, 0.15) is 0 Å². The molecule has 0 atom stereocenters. The minimum atomic E-state index is -3.73. The first-order chi connectivity index (χ1) is 9.88. The molecule has 2 aromatic rings. The van der Waals surface area contributed by atoms with Gasteiger partial charge in [0.25, 0.3) is 5.91 Å². The zero-order valence-corrected chi connectivity index (χ0v) is 12.9. The van der Waals surface area contributed by atoms with Crippen molar-refractivity contribution in [3.05, 3.63) is 63.6 Å². The Balaban J connectivity index is 2.11. The third kappa shape index (κ3) is 2.52. The second-order valence-electron chi connectivity index (χ2n) is 4.61. The van der Waals surface area contributed by atoms with Crippen molar-refractivity contribution in [1.82, 2.24) is 0 Å². The van der Waals surface area contributed by atoms with Gasteiger partial charge in [-0.05, 0) is 42.0 Å². The number of amides is 1. The van der Waals surface area contributed by atoms with Gasteiger partial charge in [-0.3, -0.25) is 4.79 Å². The molecule has 0 unspecified atom stereocenters. The van der Waals surface area contributed by atoms with E-state index in [0.29, 0.717) is 21.3 Å². The Bertz CT molecular complexity index is 832. The lowest BCUT2D eigenvalue weighted by Gasteiger charge is -2.16. The molecule has 0 aromatic heterocycles. The molecule has 1 heterocycles. The molecular weight excluding hydrogens is 333 g/mol. The highest BCUT2D eigenvalue weighted by molar-refractivity contribution is 7.93. The van der Waals surface area contributed by atoms with Crippen molar-refractivity contribution in [2.75, 3.05) is 4.31 Å². The zero-order valence-electron chi connectivity index (χ0n) is 10.6. The van der Waals surface area contributed by atoms with Gasteiger partial charge in [0.15, 0.2) is 0 Å². The highest BCUT2D eigenvalue weighted by Crippen LogP contribution is 2.36. The minimum absolute atomic E-state index is 0.209. The molecule has 2 aromatic carbocycles. The number of hydrogen-bond donors (Lipinski definition) is 0. The van der Waals surface area contributed by atoms with Crippen molar-refractivity contribution >= 4 is 44.8 Å². The van der Waals surface area contributed by atoms with Crippen LogP contribution in [0.5, 0.6) is 0 Å². The van der Waals surface area contributed by atoms with E-state index in [-0.39, 0.29) is 11.3 Å². The zero-order chi connectivity index (χ0) is 15.2. The van der Waals surface area contributed by atoms with E-state index in [9.17, 15) is 13.2 Å². The molecule has 0 radical (unpaired) electrons. The van der Waals surface area contributed by atoms with E-state index < -0.39 is 15.9 Å². The molecule has 1 amide bonds. The van der Waals surface area contributed by atoms with Crippen molar-refractivity contribution in [3.8, 4) is 0 Å². The fraction of sp³-hybridized carbons (Fsp3) is 0.0714. The number of nitrogens with zero attached hydrogens (tertiary/aromatic N) is 1. The van der Waals surface area contributed by atoms with Crippen LogP contribution in [-0.4, -0.2) is 14.3 Å². The van der Waals surface area contributed by atoms with Gasteiger partial charge in [0.05, 0.1) is 11.4 Å².